The minimum atomic E-state index is -0.438. The predicted octanol–water partition coefficient (Wildman–Crippen LogP) is 5.92. The molecule has 184 valence electrons. The van der Waals surface area contributed by atoms with Gasteiger partial charge in [0, 0.05) is 53.5 Å². The number of anilines is 3. The van der Waals surface area contributed by atoms with Gasteiger partial charge in [-0.05, 0) is 61.2 Å². The highest BCUT2D eigenvalue weighted by Crippen LogP contribution is 2.24. The molecule has 1 aliphatic rings. The summed E-state index contributed by atoms with van der Waals surface area (Å²) >= 11 is 6.02. The van der Waals surface area contributed by atoms with Gasteiger partial charge >= 0.3 is 0 Å². The van der Waals surface area contributed by atoms with Crippen LogP contribution in [0.15, 0.2) is 54.7 Å². The lowest BCUT2D eigenvalue weighted by molar-refractivity contribution is -0.111. The highest BCUT2D eigenvalue weighted by atomic mass is 35.5. The average molecular weight is 505 g/mol. The van der Waals surface area contributed by atoms with Gasteiger partial charge < -0.3 is 20.5 Å². The highest BCUT2D eigenvalue weighted by Gasteiger charge is 2.19. The number of benzene rings is 2. The monoisotopic (exact) mass is 504 g/mol. The van der Waals surface area contributed by atoms with Gasteiger partial charge in [0.05, 0.1) is 5.69 Å². The molecule has 0 bridgehead atoms. The zero-order valence-corrected chi connectivity index (χ0v) is 20.6. The number of carbonyl (C=O) groups is 1. The van der Waals surface area contributed by atoms with Crippen molar-refractivity contribution in [3.63, 3.8) is 0 Å². The van der Waals surface area contributed by atoms with Crippen molar-refractivity contribution in [1.29, 1.82) is 0 Å². The second-order valence-corrected chi connectivity index (χ2v) is 9.21. The summed E-state index contributed by atoms with van der Waals surface area (Å²) in [6.45, 7) is 3.83. The molecule has 2 aromatic carbocycles. The molecule has 9 heteroatoms. The molecule has 0 saturated carbocycles. The number of aromatic amines is 1. The van der Waals surface area contributed by atoms with Crippen molar-refractivity contribution >= 4 is 51.9 Å². The first-order valence-electron chi connectivity index (χ1n) is 11.8. The van der Waals surface area contributed by atoms with Crippen molar-refractivity contribution < 1.29 is 9.18 Å². The minimum Gasteiger partial charge on any atom is -0.363 e. The number of nitrogens with zero attached hydrogens (tertiary/aromatic N) is 3. The molecule has 4 aromatic rings. The Bertz CT molecular complexity index is 1430. The number of carbonyl (C=O) groups excluding carboxylic acids is 1. The van der Waals surface area contributed by atoms with Gasteiger partial charge in [-0.2, -0.15) is 4.98 Å². The third-order valence-corrected chi connectivity index (χ3v) is 6.40. The molecule has 36 heavy (non-hydrogen) atoms. The number of aromatic nitrogens is 3. The Morgan fingerprint density at radius 2 is 1.94 bits per heavy atom. The van der Waals surface area contributed by atoms with Crippen LogP contribution in [0.2, 0.25) is 5.02 Å². The third kappa shape index (κ3) is 5.33. The lowest BCUT2D eigenvalue weighted by Crippen LogP contribution is -2.22. The Morgan fingerprint density at radius 3 is 2.72 bits per heavy atom. The molecule has 0 radical (unpaired) electrons. The Kier molecular flexibility index (Phi) is 6.86. The molecule has 0 aliphatic carbocycles. The second-order valence-electron chi connectivity index (χ2n) is 8.77. The van der Waals surface area contributed by atoms with Crippen LogP contribution in [0.4, 0.5) is 21.8 Å². The summed E-state index contributed by atoms with van der Waals surface area (Å²) in [6.07, 6.45) is 7.28. The maximum Gasteiger partial charge on any atom is 0.248 e. The lowest BCUT2D eigenvalue weighted by Gasteiger charge is -2.17. The summed E-state index contributed by atoms with van der Waals surface area (Å²) < 4.78 is 14.6. The van der Waals surface area contributed by atoms with E-state index in [1.807, 2.05) is 48.7 Å². The zero-order chi connectivity index (χ0) is 25.1. The average Bonchev–Trinajstić information content (AvgIpc) is 3.55. The van der Waals surface area contributed by atoms with E-state index in [2.05, 4.69) is 30.5 Å². The molecule has 0 unspecified atom stereocenters. The van der Waals surface area contributed by atoms with E-state index in [4.69, 9.17) is 11.6 Å². The van der Waals surface area contributed by atoms with Gasteiger partial charge in [-0.1, -0.05) is 29.8 Å². The number of amides is 1. The largest absolute Gasteiger partial charge is 0.363 e. The Hall–Kier alpha value is -3.91. The van der Waals surface area contributed by atoms with Crippen molar-refractivity contribution in [3.05, 3.63) is 82.4 Å². The van der Waals surface area contributed by atoms with E-state index < -0.39 is 5.82 Å². The summed E-state index contributed by atoms with van der Waals surface area (Å²) in [5.74, 6) is 0.0898. The van der Waals surface area contributed by atoms with Gasteiger partial charge in [0.15, 0.2) is 11.6 Å². The fraction of sp³-hybridized carbons (Fsp3) is 0.222. The van der Waals surface area contributed by atoms with Crippen LogP contribution >= 0.6 is 11.6 Å². The topological polar surface area (TPSA) is 85.9 Å². The molecule has 3 heterocycles. The minimum absolute atomic E-state index is 0.200. The fourth-order valence-corrected chi connectivity index (χ4v) is 4.39. The molecule has 1 saturated heterocycles. The predicted molar refractivity (Wildman–Crippen MR) is 143 cm³/mol. The standard InChI is InChI=1S/C27H26ClFN6O/c1-17-25(29)26(34-27(32-17)35-12-2-3-13-35)31-15-18-4-8-21(9-5-18)33-24(36)11-6-19-16-30-23-14-20(28)7-10-22(19)23/h4-11,14,16,30H,2-3,12-13,15H2,1H3,(H,33,36)(H,31,32,34)/b11-6+. The normalized spacial score (nSPS) is 13.6. The summed E-state index contributed by atoms with van der Waals surface area (Å²) in [5.41, 5.74) is 3.74. The first-order chi connectivity index (χ1) is 17.5. The Balaban J connectivity index is 1.19. The van der Waals surface area contributed by atoms with Crippen molar-refractivity contribution in [2.45, 2.75) is 26.3 Å². The number of rotatable bonds is 7. The van der Waals surface area contributed by atoms with Gasteiger partial charge in [-0.25, -0.2) is 9.37 Å². The van der Waals surface area contributed by atoms with Crippen LogP contribution in [0.25, 0.3) is 17.0 Å². The molecule has 1 fully saturated rings. The summed E-state index contributed by atoms with van der Waals surface area (Å²) in [6, 6.07) is 13.0. The van der Waals surface area contributed by atoms with E-state index in [9.17, 15) is 9.18 Å². The second kappa shape index (κ2) is 10.4. The van der Waals surface area contributed by atoms with Crippen LogP contribution < -0.4 is 15.5 Å². The van der Waals surface area contributed by atoms with Crippen molar-refractivity contribution in [2.75, 3.05) is 28.6 Å². The van der Waals surface area contributed by atoms with Crippen LogP contribution in [0, 0.1) is 12.7 Å². The maximum absolute atomic E-state index is 14.6. The van der Waals surface area contributed by atoms with E-state index in [1.165, 1.54) is 6.08 Å². The third-order valence-electron chi connectivity index (χ3n) is 6.17. The van der Waals surface area contributed by atoms with Gasteiger partial charge in [-0.15, -0.1) is 0 Å². The van der Waals surface area contributed by atoms with Crippen LogP contribution in [0.1, 0.15) is 29.7 Å². The van der Waals surface area contributed by atoms with Crippen LogP contribution in [-0.2, 0) is 11.3 Å². The molecule has 1 amide bonds. The number of hydrogen-bond donors (Lipinski definition) is 3. The van der Waals surface area contributed by atoms with E-state index >= 15 is 0 Å². The number of aryl methyl sites for hydroxylation is 1. The smallest absolute Gasteiger partial charge is 0.248 e. The van der Waals surface area contributed by atoms with Gasteiger partial charge in [0.1, 0.15) is 0 Å². The Labute approximate surface area is 213 Å². The van der Waals surface area contributed by atoms with E-state index in [-0.39, 0.29) is 11.7 Å². The first kappa shape index (κ1) is 23.8. The molecule has 0 spiro atoms. The number of fused-ring (bicyclic) bond motifs is 1. The highest BCUT2D eigenvalue weighted by molar-refractivity contribution is 6.31. The zero-order valence-electron chi connectivity index (χ0n) is 19.8. The molecule has 1 aliphatic heterocycles. The summed E-state index contributed by atoms with van der Waals surface area (Å²) in [7, 11) is 0. The molecular formula is C27H26ClFN6O. The van der Waals surface area contributed by atoms with Crippen LogP contribution in [0.3, 0.4) is 0 Å². The van der Waals surface area contributed by atoms with Gasteiger partial charge in [0.2, 0.25) is 11.9 Å². The van der Waals surface area contributed by atoms with Gasteiger partial charge in [0.25, 0.3) is 0 Å². The lowest BCUT2D eigenvalue weighted by atomic mass is 10.1. The molecule has 7 nitrogen and oxygen atoms in total. The van der Waals surface area contributed by atoms with Crippen LogP contribution in [0.5, 0.6) is 0 Å². The molecule has 5 rings (SSSR count). The number of nitrogens with one attached hydrogen (secondary N) is 3. The summed E-state index contributed by atoms with van der Waals surface area (Å²) in [5, 5.41) is 7.58. The molecular weight excluding hydrogens is 479 g/mol. The van der Waals surface area contributed by atoms with E-state index in [1.54, 1.807) is 13.0 Å². The van der Waals surface area contributed by atoms with Crippen molar-refractivity contribution in [3.8, 4) is 0 Å². The molecule has 2 aromatic heterocycles. The van der Waals surface area contributed by atoms with Crippen molar-refractivity contribution in [2.24, 2.45) is 0 Å². The van der Waals surface area contributed by atoms with Crippen molar-refractivity contribution in [1.82, 2.24) is 15.0 Å². The first-order valence-corrected chi connectivity index (χ1v) is 12.2. The number of halogens is 2. The van der Waals surface area contributed by atoms with E-state index in [0.717, 1.165) is 48.0 Å². The number of hydrogen-bond acceptors (Lipinski definition) is 5. The fourth-order valence-electron chi connectivity index (χ4n) is 4.22. The van der Waals surface area contributed by atoms with Crippen LogP contribution in [-0.4, -0.2) is 33.9 Å². The maximum atomic E-state index is 14.6. The molecule has 0 atom stereocenters. The Morgan fingerprint density at radius 1 is 1.17 bits per heavy atom. The summed E-state index contributed by atoms with van der Waals surface area (Å²) in [4.78, 5) is 26.3. The SMILES string of the molecule is Cc1nc(N2CCCC2)nc(NCc2ccc(NC(=O)/C=C/c3c[nH]c4cc(Cl)ccc34)cc2)c1F. The quantitative estimate of drug-likeness (QED) is 0.272. The molecule has 3 N–H and O–H groups in total. The van der Waals surface area contributed by atoms with Gasteiger partial charge in [-0.3, -0.25) is 4.79 Å². The van der Waals surface area contributed by atoms with E-state index in [0.29, 0.717) is 28.9 Å². The number of H-pyrrole nitrogens is 1.